The lowest BCUT2D eigenvalue weighted by Crippen LogP contribution is -2.38. The third kappa shape index (κ3) is 3.73. The van der Waals surface area contributed by atoms with Gasteiger partial charge < -0.3 is 10.2 Å². The molecule has 1 aliphatic rings. The Morgan fingerprint density at radius 2 is 2.11 bits per heavy atom. The SMILES string of the molecule is Cc1cccc(N2CCCNC(CC(C)C)C2)c1C. The maximum Gasteiger partial charge on any atom is 0.0399 e. The summed E-state index contributed by atoms with van der Waals surface area (Å²) in [7, 11) is 0. The number of nitrogens with one attached hydrogen (secondary N) is 1. The van der Waals surface area contributed by atoms with E-state index in [-0.39, 0.29) is 0 Å². The Morgan fingerprint density at radius 3 is 2.84 bits per heavy atom. The molecule has 2 rings (SSSR count). The van der Waals surface area contributed by atoms with E-state index in [0.717, 1.165) is 19.0 Å². The zero-order valence-electron chi connectivity index (χ0n) is 12.9. The molecule has 19 heavy (non-hydrogen) atoms. The van der Waals surface area contributed by atoms with E-state index in [0.29, 0.717) is 6.04 Å². The Morgan fingerprint density at radius 1 is 1.32 bits per heavy atom. The quantitative estimate of drug-likeness (QED) is 0.894. The van der Waals surface area contributed by atoms with E-state index in [1.807, 2.05) is 0 Å². The molecule has 0 amide bonds. The van der Waals surface area contributed by atoms with Crippen molar-refractivity contribution in [1.82, 2.24) is 5.32 Å². The van der Waals surface area contributed by atoms with E-state index in [1.165, 1.54) is 36.2 Å². The highest BCUT2D eigenvalue weighted by Gasteiger charge is 2.20. The third-order valence-electron chi connectivity index (χ3n) is 4.15. The van der Waals surface area contributed by atoms with E-state index < -0.39 is 0 Å². The van der Waals surface area contributed by atoms with Crippen LogP contribution < -0.4 is 10.2 Å². The highest BCUT2D eigenvalue weighted by atomic mass is 15.2. The van der Waals surface area contributed by atoms with E-state index >= 15 is 0 Å². The Labute approximate surface area is 118 Å². The first kappa shape index (κ1) is 14.4. The van der Waals surface area contributed by atoms with Gasteiger partial charge in [0.15, 0.2) is 0 Å². The molecule has 2 nitrogen and oxygen atoms in total. The van der Waals surface area contributed by atoms with Crippen LogP contribution in [0.25, 0.3) is 0 Å². The smallest absolute Gasteiger partial charge is 0.0399 e. The van der Waals surface area contributed by atoms with Crippen molar-refractivity contribution in [2.45, 2.75) is 46.6 Å². The molecule has 2 heteroatoms. The van der Waals surface area contributed by atoms with Gasteiger partial charge in [0.05, 0.1) is 0 Å². The van der Waals surface area contributed by atoms with Crippen molar-refractivity contribution in [2.75, 3.05) is 24.5 Å². The molecule has 1 heterocycles. The van der Waals surface area contributed by atoms with Crippen molar-refractivity contribution in [3.05, 3.63) is 29.3 Å². The molecule has 106 valence electrons. The van der Waals surface area contributed by atoms with Crippen LogP contribution in [0, 0.1) is 19.8 Å². The molecule has 1 aromatic rings. The van der Waals surface area contributed by atoms with Gasteiger partial charge >= 0.3 is 0 Å². The number of hydrogen-bond donors (Lipinski definition) is 1. The lowest BCUT2D eigenvalue weighted by molar-refractivity contribution is 0.436. The van der Waals surface area contributed by atoms with E-state index in [1.54, 1.807) is 0 Å². The number of rotatable bonds is 3. The highest BCUT2D eigenvalue weighted by molar-refractivity contribution is 5.56. The van der Waals surface area contributed by atoms with Crippen LogP contribution in [-0.2, 0) is 0 Å². The third-order valence-corrected chi connectivity index (χ3v) is 4.15. The molecule has 1 atom stereocenters. The normalized spacial score (nSPS) is 20.7. The molecule has 0 aromatic heterocycles. The summed E-state index contributed by atoms with van der Waals surface area (Å²) in [6, 6.07) is 7.30. The number of hydrogen-bond acceptors (Lipinski definition) is 2. The zero-order chi connectivity index (χ0) is 13.8. The second kappa shape index (κ2) is 6.42. The monoisotopic (exact) mass is 260 g/mol. The van der Waals surface area contributed by atoms with Gasteiger partial charge in [0, 0.05) is 24.8 Å². The predicted molar refractivity (Wildman–Crippen MR) is 84.0 cm³/mol. The largest absolute Gasteiger partial charge is 0.370 e. The van der Waals surface area contributed by atoms with Crippen LogP contribution in [0.3, 0.4) is 0 Å². The van der Waals surface area contributed by atoms with Gasteiger partial charge in [-0.25, -0.2) is 0 Å². The fourth-order valence-electron chi connectivity index (χ4n) is 3.02. The molecule has 1 N–H and O–H groups in total. The fourth-order valence-corrected chi connectivity index (χ4v) is 3.02. The number of benzene rings is 1. The summed E-state index contributed by atoms with van der Waals surface area (Å²) in [5.74, 6) is 0.760. The van der Waals surface area contributed by atoms with Gasteiger partial charge in [-0.1, -0.05) is 26.0 Å². The molecule has 1 fully saturated rings. The number of aryl methyl sites for hydroxylation is 1. The molecule has 1 saturated heterocycles. The Bertz CT molecular complexity index is 412. The summed E-state index contributed by atoms with van der Waals surface area (Å²) >= 11 is 0. The molecular formula is C17H28N2. The standard InChI is InChI=1S/C17H28N2/c1-13(2)11-16-12-19(10-6-9-18-16)17-8-5-7-14(3)15(17)4/h5,7-8,13,16,18H,6,9-12H2,1-4H3. The Balaban J connectivity index is 2.15. The highest BCUT2D eigenvalue weighted by Crippen LogP contribution is 2.24. The topological polar surface area (TPSA) is 15.3 Å². The summed E-state index contributed by atoms with van der Waals surface area (Å²) in [4.78, 5) is 2.58. The summed E-state index contributed by atoms with van der Waals surface area (Å²) < 4.78 is 0. The molecule has 1 aromatic carbocycles. The van der Waals surface area contributed by atoms with Gasteiger partial charge in [0.25, 0.3) is 0 Å². The molecule has 1 unspecified atom stereocenters. The van der Waals surface area contributed by atoms with Crippen molar-refractivity contribution in [1.29, 1.82) is 0 Å². The van der Waals surface area contributed by atoms with E-state index in [9.17, 15) is 0 Å². The van der Waals surface area contributed by atoms with Gasteiger partial charge in [-0.2, -0.15) is 0 Å². The summed E-state index contributed by atoms with van der Waals surface area (Å²) in [6.45, 7) is 12.6. The van der Waals surface area contributed by atoms with Crippen LogP contribution in [0.5, 0.6) is 0 Å². The van der Waals surface area contributed by atoms with Crippen molar-refractivity contribution < 1.29 is 0 Å². The molecule has 1 aliphatic heterocycles. The molecule has 0 aliphatic carbocycles. The molecule has 0 radical (unpaired) electrons. The van der Waals surface area contributed by atoms with E-state index in [2.05, 4.69) is 56.1 Å². The zero-order valence-corrected chi connectivity index (χ0v) is 12.9. The molecule has 0 bridgehead atoms. The van der Waals surface area contributed by atoms with Crippen LogP contribution in [0.15, 0.2) is 18.2 Å². The Hall–Kier alpha value is -1.02. The van der Waals surface area contributed by atoms with Gasteiger partial charge in [0.2, 0.25) is 0 Å². The van der Waals surface area contributed by atoms with Crippen LogP contribution in [0.4, 0.5) is 5.69 Å². The minimum Gasteiger partial charge on any atom is -0.370 e. The minimum atomic E-state index is 0.627. The van der Waals surface area contributed by atoms with Crippen molar-refractivity contribution >= 4 is 5.69 Å². The van der Waals surface area contributed by atoms with Crippen LogP contribution in [-0.4, -0.2) is 25.7 Å². The van der Waals surface area contributed by atoms with Crippen LogP contribution >= 0.6 is 0 Å². The maximum atomic E-state index is 3.71. The molecule has 0 saturated carbocycles. The van der Waals surface area contributed by atoms with E-state index in [4.69, 9.17) is 0 Å². The second-order valence-electron chi connectivity index (χ2n) is 6.30. The maximum absolute atomic E-state index is 3.71. The van der Waals surface area contributed by atoms with Gasteiger partial charge in [-0.05, 0) is 56.3 Å². The van der Waals surface area contributed by atoms with Gasteiger partial charge in [-0.15, -0.1) is 0 Å². The number of nitrogens with zero attached hydrogens (tertiary/aromatic N) is 1. The van der Waals surface area contributed by atoms with Gasteiger partial charge in [0.1, 0.15) is 0 Å². The van der Waals surface area contributed by atoms with Crippen molar-refractivity contribution in [3.63, 3.8) is 0 Å². The summed E-state index contributed by atoms with van der Waals surface area (Å²) in [5, 5.41) is 3.71. The summed E-state index contributed by atoms with van der Waals surface area (Å²) in [5.41, 5.74) is 4.26. The minimum absolute atomic E-state index is 0.627. The van der Waals surface area contributed by atoms with Crippen LogP contribution in [0.2, 0.25) is 0 Å². The van der Waals surface area contributed by atoms with Gasteiger partial charge in [-0.3, -0.25) is 0 Å². The predicted octanol–water partition coefficient (Wildman–Crippen LogP) is 3.52. The molecular weight excluding hydrogens is 232 g/mol. The first-order valence-electron chi connectivity index (χ1n) is 7.62. The first-order chi connectivity index (χ1) is 9.08. The average molecular weight is 260 g/mol. The molecule has 0 spiro atoms. The number of anilines is 1. The Kier molecular flexibility index (Phi) is 4.87. The van der Waals surface area contributed by atoms with Crippen LogP contribution in [0.1, 0.15) is 37.8 Å². The lowest BCUT2D eigenvalue weighted by atomic mass is 10.0. The lowest BCUT2D eigenvalue weighted by Gasteiger charge is -2.29. The summed E-state index contributed by atoms with van der Waals surface area (Å²) in [6.07, 6.45) is 2.50. The second-order valence-corrected chi connectivity index (χ2v) is 6.30. The first-order valence-corrected chi connectivity index (χ1v) is 7.62. The van der Waals surface area contributed by atoms with Crippen molar-refractivity contribution in [2.24, 2.45) is 5.92 Å². The average Bonchev–Trinajstić information content (AvgIpc) is 2.57. The fraction of sp³-hybridized carbons (Fsp3) is 0.647. The van der Waals surface area contributed by atoms with Crippen molar-refractivity contribution in [3.8, 4) is 0 Å².